The standard InChI is InChI=1S/C22H39Br/c1-2-3-4-5-6-7-8-17-9-13-21-18(15-17)10-11-19-16-20(23)12-14-22(19)21/h17-22H,2-16H2,1H3/t17-,18?,19?,20-,21?,22?/m0/s1. The zero-order chi connectivity index (χ0) is 16.1. The Bertz CT molecular complexity index is 339. The Morgan fingerprint density at radius 1 is 0.696 bits per heavy atom. The highest BCUT2D eigenvalue weighted by atomic mass is 79.9. The Kier molecular flexibility index (Phi) is 7.35. The van der Waals surface area contributed by atoms with Gasteiger partial charge in [0.2, 0.25) is 0 Å². The maximum Gasteiger partial charge on any atom is 0.0148 e. The van der Waals surface area contributed by atoms with Crippen molar-refractivity contribution >= 4 is 15.9 Å². The van der Waals surface area contributed by atoms with Crippen LogP contribution in [-0.4, -0.2) is 4.83 Å². The zero-order valence-electron chi connectivity index (χ0n) is 15.4. The molecule has 0 bridgehead atoms. The van der Waals surface area contributed by atoms with Gasteiger partial charge in [0.1, 0.15) is 0 Å². The minimum Gasteiger partial charge on any atom is -0.0891 e. The molecule has 0 aromatic rings. The molecule has 6 atom stereocenters. The molecule has 0 aliphatic heterocycles. The average molecular weight is 383 g/mol. The van der Waals surface area contributed by atoms with Gasteiger partial charge in [-0.2, -0.15) is 0 Å². The van der Waals surface area contributed by atoms with Crippen LogP contribution in [0.15, 0.2) is 0 Å². The van der Waals surface area contributed by atoms with Gasteiger partial charge in [-0.25, -0.2) is 0 Å². The van der Waals surface area contributed by atoms with Crippen LogP contribution in [0.5, 0.6) is 0 Å². The van der Waals surface area contributed by atoms with Crippen LogP contribution in [0.25, 0.3) is 0 Å². The Balaban J connectivity index is 1.38. The van der Waals surface area contributed by atoms with Crippen molar-refractivity contribution in [1.29, 1.82) is 0 Å². The van der Waals surface area contributed by atoms with Gasteiger partial charge in [-0.05, 0) is 74.5 Å². The lowest BCUT2D eigenvalue weighted by molar-refractivity contribution is 0.0119. The molecule has 3 aliphatic rings. The predicted molar refractivity (Wildman–Crippen MR) is 105 cm³/mol. The molecule has 4 unspecified atom stereocenters. The average Bonchev–Trinajstić information content (AvgIpc) is 2.57. The van der Waals surface area contributed by atoms with Crippen LogP contribution in [0, 0.1) is 29.6 Å². The van der Waals surface area contributed by atoms with Crippen molar-refractivity contribution < 1.29 is 0 Å². The van der Waals surface area contributed by atoms with Crippen LogP contribution >= 0.6 is 15.9 Å². The maximum atomic E-state index is 3.90. The van der Waals surface area contributed by atoms with Crippen LogP contribution < -0.4 is 0 Å². The summed E-state index contributed by atoms with van der Waals surface area (Å²) in [5.41, 5.74) is 0. The largest absolute Gasteiger partial charge is 0.0891 e. The molecule has 0 nitrogen and oxygen atoms in total. The fourth-order valence-corrected chi connectivity index (χ4v) is 7.05. The van der Waals surface area contributed by atoms with E-state index in [1.54, 1.807) is 38.5 Å². The van der Waals surface area contributed by atoms with E-state index in [2.05, 4.69) is 22.9 Å². The van der Waals surface area contributed by atoms with Gasteiger partial charge in [0.15, 0.2) is 0 Å². The molecular formula is C22H39Br. The molecule has 3 rings (SSSR count). The molecule has 0 amide bonds. The Hall–Kier alpha value is 0.480. The number of halogens is 1. The summed E-state index contributed by atoms with van der Waals surface area (Å²) in [6.45, 7) is 2.32. The Labute approximate surface area is 153 Å². The molecule has 0 aromatic carbocycles. The molecular weight excluding hydrogens is 344 g/mol. The minimum atomic E-state index is 0.837. The van der Waals surface area contributed by atoms with E-state index in [-0.39, 0.29) is 0 Å². The van der Waals surface area contributed by atoms with Gasteiger partial charge >= 0.3 is 0 Å². The van der Waals surface area contributed by atoms with Gasteiger partial charge in [0, 0.05) is 4.83 Å². The third-order valence-corrected chi connectivity index (χ3v) is 8.38. The van der Waals surface area contributed by atoms with E-state index in [0.29, 0.717) is 0 Å². The van der Waals surface area contributed by atoms with E-state index in [9.17, 15) is 0 Å². The third kappa shape index (κ3) is 4.99. The van der Waals surface area contributed by atoms with Gasteiger partial charge in [-0.3, -0.25) is 0 Å². The molecule has 0 aromatic heterocycles. The lowest BCUT2D eigenvalue weighted by Crippen LogP contribution is -2.41. The molecule has 1 heteroatoms. The van der Waals surface area contributed by atoms with E-state index in [0.717, 1.165) is 34.4 Å². The van der Waals surface area contributed by atoms with E-state index in [1.165, 1.54) is 57.8 Å². The van der Waals surface area contributed by atoms with E-state index >= 15 is 0 Å². The predicted octanol–water partition coefficient (Wildman–Crippen LogP) is 7.74. The van der Waals surface area contributed by atoms with E-state index in [4.69, 9.17) is 0 Å². The first-order valence-electron chi connectivity index (χ1n) is 10.9. The van der Waals surface area contributed by atoms with Crippen LogP contribution in [0.3, 0.4) is 0 Å². The number of unbranched alkanes of at least 4 members (excludes halogenated alkanes) is 5. The Morgan fingerprint density at radius 2 is 1.35 bits per heavy atom. The molecule has 0 N–H and O–H groups in total. The molecule has 3 aliphatic carbocycles. The first-order valence-corrected chi connectivity index (χ1v) is 11.8. The summed E-state index contributed by atoms with van der Waals surface area (Å²) in [5, 5.41) is 0. The first-order chi connectivity index (χ1) is 11.3. The SMILES string of the molecule is CCCCCCCC[C@H]1CCC2C(CCC3C[C@@H](Br)CCC32)C1. The van der Waals surface area contributed by atoms with Crippen molar-refractivity contribution in [2.24, 2.45) is 29.6 Å². The van der Waals surface area contributed by atoms with Crippen LogP contribution in [0.4, 0.5) is 0 Å². The second-order valence-electron chi connectivity index (χ2n) is 9.07. The second-order valence-corrected chi connectivity index (χ2v) is 10.4. The van der Waals surface area contributed by atoms with Crippen molar-refractivity contribution in [1.82, 2.24) is 0 Å². The smallest absolute Gasteiger partial charge is 0.0148 e. The van der Waals surface area contributed by atoms with Gasteiger partial charge in [-0.15, -0.1) is 0 Å². The zero-order valence-corrected chi connectivity index (χ0v) is 17.0. The lowest BCUT2D eigenvalue weighted by Gasteiger charge is -2.50. The van der Waals surface area contributed by atoms with Gasteiger partial charge in [0.05, 0.1) is 0 Å². The lowest BCUT2D eigenvalue weighted by atomic mass is 9.56. The van der Waals surface area contributed by atoms with E-state index in [1.807, 2.05) is 0 Å². The minimum absolute atomic E-state index is 0.837. The third-order valence-electron chi connectivity index (χ3n) is 7.55. The van der Waals surface area contributed by atoms with Crippen LogP contribution in [0.2, 0.25) is 0 Å². The summed E-state index contributed by atoms with van der Waals surface area (Å²) in [6.07, 6.45) is 22.7. The quantitative estimate of drug-likeness (QED) is 0.311. The molecule has 0 spiro atoms. The van der Waals surface area contributed by atoms with Crippen LogP contribution in [-0.2, 0) is 0 Å². The van der Waals surface area contributed by atoms with Crippen molar-refractivity contribution in [3.8, 4) is 0 Å². The normalized spacial score (nSPS) is 40.4. The highest BCUT2D eigenvalue weighted by Crippen LogP contribution is 2.53. The highest BCUT2D eigenvalue weighted by Gasteiger charge is 2.43. The molecule has 0 saturated heterocycles. The second kappa shape index (κ2) is 9.25. The monoisotopic (exact) mass is 382 g/mol. The molecule has 0 heterocycles. The molecule has 23 heavy (non-hydrogen) atoms. The summed E-state index contributed by atoms with van der Waals surface area (Å²) >= 11 is 3.90. The van der Waals surface area contributed by atoms with Gasteiger partial charge < -0.3 is 0 Å². The first kappa shape index (κ1) is 18.3. The number of alkyl halides is 1. The number of rotatable bonds is 7. The molecule has 134 valence electrons. The summed E-state index contributed by atoms with van der Waals surface area (Å²) in [4.78, 5) is 0.837. The summed E-state index contributed by atoms with van der Waals surface area (Å²) in [7, 11) is 0. The molecule has 3 saturated carbocycles. The van der Waals surface area contributed by atoms with E-state index < -0.39 is 0 Å². The van der Waals surface area contributed by atoms with Crippen molar-refractivity contribution in [2.75, 3.05) is 0 Å². The van der Waals surface area contributed by atoms with Gasteiger partial charge in [0.25, 0.3) is 0 Å². The van der Waals surface area contributed by atoms with Crippen molar-refractivity contribution in [3.63, 3.8) is 0 Å². The summed E-state index contributed by atoms with van der Waals surface area (Å²) < 4.78 is 0. The number of fused-ring (bicyclic) bond motifs is 3. The fourth-order valence-electron chi connectivity index (χ4n) is 6.31. The van der Waals surface area contributed by atoms with Crippen LogP contribution in [0.1, 0.15) is 103 Å². The van der Waals surface area contributed by atoms with Crippen molar-refractivity contribution in [2.45, 2.75) is 108 Å². The number of hydrogen-bond acceptors (Lipinski definition) is 0. The summed E-state index contributed by atoms with van der Waals surface area (Å²) in [6, 6.07) is 0. The number of hydrogen-bond donors (Lipinski definition) is 0. The maximum absolute atomic E-state index is 3.90. The fraction of sp³-hybridized carbons (Fsp3) is 1.00. The Morgan fingerprint density at radius 3 is 2.13 bits per heavy atom. The molecule has 3 fully saturated rings. The molecule has 0 radical (unpaired) electrons. The highest BCUT2D eigenvalue weighted by molar-refractivity contribution is 9.09. The topological polar surface area (TPSA) is 0 Å². The van der Waals surface area contributed by atoms with Crippen molar-refractivity contribution in [3.05, 3.63) is 0 Å². The summed E-state index contributed by atoms with van der Waals surface area (Å²) in [5.74, 6) is 5.50. The van der Waals surface area contributed by atoms with Gasteiger partial charge in [-0.1, -0.05) is 74.2 Å².